The highest BCUT2D eigenvalue weighted by Crippen LogP contribution is 2.21. The van der Waals surface area contributed by atoms with Crippen LogP contribution in [0.1, 0.15) is 25.7 Å². The van der Waals surface area contributed by atoms with Gasteiger partial charge in [0, 0.05) is 0 Å². The molecule has 1 saturated carbocycles. The Balaban J connectivity index is 2.63. The van der Waals surface area contributed by atoms with Crippen molar-refractivity contribution in [2.45, 2.75) is 30.9 Å². The lowest BCUT2D eigenvalue weighted by atomic mass is 10.4. The molecule has 0 atom stereocenters. The maximum absolute atomic E-state index is 10.7. The van der Waals surface area contributed by atoms with Gasteiger partial charge >= 0.3 is 0 Å². The zero-order valence-corrected chi connectivity index (χ0v) is 6.15. The molecule has 0 radical (unpaired) electrons. The van der Waals surface area contributed by atoms with Gasteiger partial charge in [-0.3, -0.25) is 5.14 Å². The predicted octanol–water partition coefficient (Wildman–Crippen LogP) is -0.499. The Bertz CT molecular complexity index is 179. The van der Waals surface area contributed by atoms with Gasteiger partial charge in [-0.05, 0) is 12.8 Å². The van der Waals surface area contributed by atoms with Gasteiger partial charge in [-0.25, -0.2) is 0 Å². The zero-order valence-electron chi connectivity index (χ0n) is 5.34. The molecule has 0 heterocycles. The van der Waals surface area contributed by atoms with Crippen molar-refractivity contribution in [2.75, 3.05) is 0 Å². The highest BCUT2D eigenvalue weighted by Gasteiger charge is 2.27. The molecule has 0 aromatic rings. The van der Waals surface area contributed by atoms with Crippen LogP contribution in [-0.2, 0) is 10.0 Å². The number of sulfonamides is 1. The molecule has 0 bridgehead atoms. The van der Waals surface area contributed by atoms with Crippen LogP contribution in [0.2, 0.25) is 0 Å². The van der Waals surface area contributed by atoms with E-state index in [0.29, 0.717) is 0 Å². The minimum Gasteiger partial charge on any atom is -0.252 e. The van der Waals surface area contributed by atoms with Crippen LogP contribution in [0.4, 0.5) is 0 Å². The Kier molecular flexibility index (Phi) is 1.77. The summed E-state index contributed by atoms with van der Waals surface area (Å²) in [7, 11) is -2.95. The fourth-order valence-corrected chi connectivity index (χ4v) is 2.30. The first-order chi connectivity index (χ1) is 4.11. The van der Waals surface area contributed by atoms with Gasteiger partial charge in [-0.2, -0.15) is 8.42 Å². The molecule has 0 unspecified atom stereocenters. The van der Waals surface area contributed by atoms with E-state index in [1.807, 2.05) is 0 Å². The SMILES string of the molecule is [NH3+]S(=O)(=O)C1CCCC1. The molecule has 9 heavy (non-hydrogen) atoms. The Morgan fingerprint density at radius 2 is 1.67 bits per heavy atom. The number of rotatable bonds is 1. The van der Waals surface area contributed by atoms with Gasteiger partial charge in [0.05, 0.1) is 0 Å². The quantitative estimate of drug-likeness (QED) is 0.547. The molecule has 1 aliphatic rings. The first kappa shape index (κ1) is 7.02. The summed E-state index contributed by atoms with van der Waals surface area (Å²) in [6, 6.07) is 0. The molecule has 3 N–H and O–H groups in total. The second kappa shape index (κ2) is 2.27. The highest BCUT2D eigenvalue weighted by molar-refractivity contribution is 7.85. The standard InChI is InChI=1S/C5H11NO2S/c6-9(7,8)5-3-1-2-4-5/h5H,1-4H2,(H2,6,7,8)/p+1. The molecule has 1 fully saturated rings. The second-order valence-electron chi connectivity index (χ2n) is 2.57. The first-order valence-electron chi connectivity index (χ1n) is 3.17. The van der Waals surface area contributed by atoms with E-state index in [2.05, 4.69) is 5.14 Å². The summed E-state index contributed by atoms with van der Waals surface area (Å²) in [5.41, 5.74) is 0. The lowest BCUT2D eigenvalue weighted by Crippen LogP contribution is -2.60. The Labute approximate surface area is 55.3 Å². The number of quaternary nitrogens is 1. The van der Waals surface area contributed by atoms with Crippen LogP contribution in [0, 0.1) is 0 Å². The van der Waals surface area contributed by atoms with Crippen molar-refractivity contribution < 1.29 is 13.6 Å². The van der Waals surface area contributed by atoms with Gasteiger partial charge in [0.15, 0.2) is 0 Å². The van der Waals surface area contributed by atoms with Crippen molar-refractivity contribution in [3.05, 3.63) is 0 Å². The second-order valence-corrected chi connectivity index (χ2v) is 4.56. The number of hydrogen-bond acceptors (Lipinski definition) is 2. The molecular weight excluding hydrogens is 138 g/mol. The molecule has 1 aliphatic carbocycles. The Hall–Kier alpha value is -0.0900. The summed E-state index contributed by atoms with van der Waals surface area (Å²) in [5.74, 6) is 0. The topological polar surface area (TPSA) is 61.8 Å². The Morgan fingerprint density at radius 3 is 1.89 bits per heavy atom. The summed E-state index contributed by atoms with van der Waals surface area (Å²) in [4.78, 5) is 0. The van der Waals surface area contributed by atoms with Gasteiger partial charge in [0.2, 0.25) is 0 Å². The smallest absolute Gasteiger partial charge is 0.252 e. The normalized spacial score (nSPS) is 22.8. The molecule has 4 heteroatoms. The third-order valence-electron chi connectivity index (χ3n) is 1.81. The third kappa shape index (κ3) is 1.66. The largest absolute Gasteiger partial charge is 0.295 e. The maximum atomic E-state index is 10.7. The van der Waals surface area contributed by atoms with E-state index in [-0.39, 0.29) is 5.25 Å². The lowest BCUT2D eigenvalue weighted by Gasteiger charge is -1.99. The molecule has 0 spiro atoms. The monoisotopic (exact) mass is 150 g/mol. The predicted molar refractivity (Wildman–Crippen MR) is 34.1 cm³/mol. The molecule has 54 valence electrons. The van der Waals surface area contributed by atoms with E-state index < -0.39 is 10.0 Å². The van der Waals surface area contributed by atoms with E-state index >= 15 is 0 Å². The van der Waals surface area contributed by atoms with Crippen LogP contribution < -0.4 is 5.14 Å². The average Bonchev–Trinajstić information content (AvgIpc) is 2.08. The van der Waals surface area contributed by atoms with Gasteiger partial charge in [-0.15, -0.1) is 0 Å². The summed E-state index contributed by atoms with van der Waals surface area (Å²) in [6.45, 7) is 0. The van der Waals surface area contributed by atoms with Gasteiger partial charge in [0.25, 0.3) is 10.0 Å². The molecule has 0 aromatic carbocycles. The molecular formula is C5H12NO2S+. The van der Waals surface area contributed by atoms with E-state index in [4.69, 9.17) is 0 Å². The highest BCUT2D eigenvalue weighted by atomic mass is 32.2. The Morgan fingerprint density at radius 1 is 1.22 bits per heavy atom. The summed E-state index contributed by atoms with van der Waals surface area (Å²) in [6.07, 6.45) is 3.76. The van der Waals surface area contributed by atoms with Crippen molar-refractivity contribution in [3.63, 3.8) is 0 Å². The van der Waals surface area contributed by atoms with Crippen LogP contribution in [0.25, 0.3) is 0 Å². The number of hydrogen-bond donors (Lipinski definition) is 1. The van der Waals surface area contributed by atoms with Crippen LogP contribution in [0.5, 0.6) is 0 Å². The summed E-state index contributed by atoms with van der Waals surface area (Å²) >= 11 is 0. The average molecular weight is 150 g/mol. The van der Waals surface area contributed by atoms with E-state index in [1.54, 1.807) is 0 Å². The van der Waals surface area contributed by atoms with Crippen molar-refractivity contribution in [1.29, 1.82) is 0 Å². The van der Waals surface area contributed by atoms with Crippen molar-refractivity contribution in [1.82, 2.24) is 0 Å². The van der Waals surface area contributed by atoms with E-state index in [0.717, 1.165) is 25.7 Å². The van der Waals surface area contributed by atoms with Gasteiger partial charge in [-0.1, -0.05) is 12.8 Å². The maximum Gasteiger partial charge on any atom is 0.295 e. The third-order valence-corrected chi connectivity index (χ3v) is 3.30. The van der Waals surface area contributed by atoms with Crippen molar-refractivity contribution >= 4 is 10.0 Å². The van der Waals surface area contributed by atoms with Gasteiger partial charge < -0.3 is 0 Å². The molecule has 0 aromatic heterocycles. The van der Waals surface area contributed by atoms with Crippen molar-refractivity contribution in [2.24, 2.45) is 0 Å². The molecule has 0 saturated heterocycles. The summed E-state index contributed by atoms with van der Waals surface area (Å²) in [5, 5.41) is 3.00. The molecule has 1 rings (SSSR count). The molecule has 3 nitrogen and oxygen atoms in total. The van der Waals surface area contributed by atoms with E-state index in [9.17, 15) is 8.42 Å². The van der Waals surface area contributed by atoms with Crippen LogP contribution in [0.15, 0.2) is 0 Å². The summed E-state index contributed by atoms with van der Waals surface area (Å²) < 4.78 is 21.4. The van der Waals surface area contributed by atoms with Crippen molar-refractivity contribution in [3.8, 4) is 0 Å². The first-order valence-corrected chi connectivity index (χ1v) is 4.89. The zero-order chi connectivity index (χ0) is 6.91. The van der Waals surface area contributed by atoms with Crippen LogP contribution in [0.3, 0.4) is 0 Å². The fraction of sp³-hybridized carbons (Fsp3) is 1.00. The molecule has 0 aliphatic heterocycles. The van der Waals surface area contributed by atoms with Crippen LogP contribution in [-0.4, -0.2) is 13.7 Å². The van der Waals surface area contributed by atoms with E-state index in [1.165, 1.54) is 0 Å². The minimum absolute atomic E-state index is 0.127. The van der Waals surface area contributed by atoms with Gasteiger partial charge in [0.1, 0.15) is 5.25 Å². The van der Waals surface area contributed by atoms with Crippen LogP contribution >= 0.6 is 0 Å². The fourth-order valence-electron chi connectivity index (χ4n) is 1.25. The minimum atomic E-state index is -2.95. The lowest BCUT2D eigenvalue weighted by molar-refractivity contribution is -0.166. The molecule has 0 amide bonds.